The number of hydrogen-bond donors (Lipinski definition) is 2. The minimum absolute atomic E-state index is 0.104. The first-order valence-corrected chi connectivity index (χ1v) is 12.1. The van der Waals surface area contributed by atoms with E-state index in [1.807, 2.05) is 6.07 Å². The van der Waals surface area contributed by atoms with Crippen molar-refractivity contribution in [3.8, 4) is 0 Å². The number of alkyl halides is 6. The lowest BCUT2D eigenvalue weighted by Gasteiger charge is -2.35. The molecule has 0 bridgehead atoms. The third kappa shape index (κ3) is 11.1. The number of piperazine rings is 1. The molecule has 4 heterocycles. The first-order chi connectivity index (χ1) is 16.4. The number of piperidine rings is 1. The van der Waals surface area contributed by atoms with Gasteiger partial charge in [-0.2, -0.15) is 26.3 Å². The van der Waals surface area contributed by atoms with Gasteiger partial charge >= 0.3 is 12.4 Å². The number of aromatic nitrogens is 2. The molecule has 2 fully saturated rings. The summed E-state index contributed by atoms with van der Waals surface area (Å²) < 4.78 is 74.3. The number of pyridine rings is 2. The Hall–Kier alpha value is -1.34. The van der Waals surface area contributed by atoms with Crippen LogP contribution in [-0.2, 0) is 0 Å². The van der Waals surface area contributed by atoms with E-state index in [0.29, 0.717) is 42.0 Å². The van der Waals surface area contributed by atoms with Gasteiger partial charge in [0.1, 0.15) is 22.4 Å². The summed E-state index contributed by atoms with van der Waals surface area (Å²) in [6.07, 6.45) is -3.32. The van der Waals surface area contributed by atoms with Gasteiger partial charge in [0.15, 0.2) is 0 Å². The highest BCUT2D eigenvalue weighted by Gasteiger charge is 2.42. The molecule has 0 amide bonds. The first-order valence-electron chi connectivity index (χ1n) is 10.6. The number of anilines is 1. The fourth-order valence-corrected chi connectivity index (χ4v) is 3.71. The average Bonchev–Trinajstić information content (AvgIpc) is 2.82. The van der Waals surface area contributed by atoms with E-state index >= 15 is 0 Å². The highest BCUT2D eigenvalue weighted by atomic mass is 79.9. The van der Waals surface area contributed by atoms with Crippen LogP contribution < -0.4 is 15.5 Å². The average molecular weight is 611 g/mol. The summed E-state index contributed by atoms with van der Waals surface area (Å²) in [6.45, 7) is 1.22. The van der Waals surface area contributed by atoms with Gasteiger partial charge in [-0.1, -0.05) is 29.6 Å². The predicted molar refractivity (Wildman–Crippen MR) is 128 cm³/mol. The predicted octanol–water partition coefficient (Wildman–Crippen LogP) is 6.26. The van der Waals surface area contributed by atoms with Crippen molar-refractivity contribution in [1.82, 2.24) is 20.6 Å². The Labute approximate surface area is 217 Å². The maximum Gasteiger partial charge on any atom is 0.405 e. The SMILES string of the molecule is Clc1ccc(Br)cn1.FC(F)(F)C1CCCCN1.FC(F)(F)C1CN(c2ccc(Cl)nc2)CCN1. The molecule has 0 spiro atoms. The van der Waals surface area contributed by atoms with E-state index in [4.69, 9.17) is 23.2 Å². The van der Waals surface area contributed by atoms with Crippen molar-refractivity contribution in [2.75, 3.05) is 31.1 Å². The lowest BCUT2D eigenvalue weighted by molar-refractivity contribution is -0.160. The van der Waals surface area contributed by atoms with Crippen LogP contribution in [0.1, 0.15) is 19.3 Å². The Morgan fingerprint density at radius 2 is 1.43 bits per heavy atom. The molecule has 35 heavy (non-hydrogen) atoms. The Morgan fingerprint density at radius 1 is 0.829 bits per heavy atom. The van der Waals surface area contributed by atoms with E-state index in [9.17, 15) is 26.3 Å². The number of halogens is 9. The summed E-state index contributed by atoms with van der Waals surface area (Å²) in [5.74, 6) is 0. The third-order valence-corrected chi connectivity index (χ3v) is 5.96. The van der Waals surface area contributed by atoms with Crippen LogP contribution in [-0.4, -0.2) is 60.6 Å². The second kappa shape index (κ2) is 13.8. The lowest BCUT2D eigenvalue weighted by atomic mass is 10.1. The maximum absolute atomic E-state index is 12.6. The second-order valence-electron chi connectivity index (χ2n) is 7.68. The van der Waals surface area contributed by atoms with Gasteiger partial charge in [-0.3, -0.25) is 0 Å². The molecular weight excluding hydrogens is 587 g/mol. The molecular formula is C21H24BrCl2F6N5. The molecule has 2 unspecified atom stereocenters. The molecule has 2 aliphatic rings. The fourth-order valence-electron chi connectivity index (χ4n) is 3.25. The molecule has 0 radical (unpaired) electrons. The molecule has 196 valence electrons. The standard InChI is InChI=1S/C10H11ClF3N3.C6H10F3N.C5H3BrClN/c11-9-2-1-7(5-16-9)17-4-3-15-8(6-17)10(12,13)14;7-6(8,9)5-3-1-2-4-10-5;6-4-1-2-5(7)8-3-4/h1-2,5,8,15H,3-4,6H2;5,10H,1-4H2;1-3H. The number of nitrogens with one attached hydrogen (secondary N) is 2. The fraction of sp³-hybridized carbons (Fsp3) is 0.524. The van der Waals surface area contributed by atoms with Crippen molar-refractivity contribution < 1.29 is 26.3 Å². The zero-order valence-electron chi connectivity index (χ0n) is 18.3. The van der Waals surface area contributed by atoms with Gasteiger partial charge in [-0.05, 0) is 59.6 Å². The van der Waals surface area contributed by atoms with Crippen LogP contribution in [0.3, 0.4) is 0 Å². The van der Waals surface area contributed by atoms with Crippen LogP contribution >= 0.6 is 39.1 Å². The van der Waals surface area contributed by atoms with E-state index in [2.05, 4.69) is 36.5 Å². The summed E-state index contributed by atoms with van der Waals surface area (Å²) in [4.78, 5) is 9.31. The Bertz CT molecular complexity index is 857. The Kier molecular flexibility index (Phi) is 11.8. The summed E-state index contributed by atoms with van der Waals surface area (Å²) in [6, 6.07) is 4.07. The smallest absolute Gasteiger partial charge is 0.367 e. The normalized spacial score (nSPS) is 20.8. The van der Waals surface area contributed by atoms with Crippen molar-refractivity contribution in [2.45, 2.75) is 43.7 Å². The van der Waals surface area contributed by atoms with Gasteiger partial charge in [0, 0.05) is 30.3 Å². The van der Waals surface area contributed by atoms with Crippen molar-refractivity contribution >= 4 is 44.8 Å². The third-order valence-electron chi connectivity index (χ3n) is 5.04. The van der Waals surface area contributed by atoms with E-state index in [1.54, 1.807) is 29.3 Å². The first kappa shape index (κ1) is 29.9. The lowest BCUT2D eigenvalue weighted by Crippen LogP contribution is -2.57. The molecule has 0 saturated carbocycles. The van der Waals surface area contributed by atoms with Crippen molar-refractivity contribution in [3.05, 3.63) is 51.4 Å². The minimum atomic E-state index is -4.22. The van der Waals surface area contributed by atoms with E-state index in [0.717, 1.165) is 10.9 Å². The zero-order chi connectivity index (χ0) is 26.1. The number of nitrogens with zero attached hydrogens (tertiary/aromatic N) is 3. The van der Waals surface area contributed by atoms with Gasteiger partial charge in [0.25, 0.3) is 0 Å². The van der Waals surface area contributed by atoms with Gasteiger partial charge in [0.2, 0.25) is 0 Å². The van der Waals surface area contributed by atoms with Gasteiger partial charge in [-0.25, -0.2) is 9.97 Å². The second-order valence-corrected chi connectivity index (χ2v) is 9.37. The molecule has 2 aromatic rings. The van der Waals surface area contributed by atoms with Crippen LogP contribution in [0.4, 0.5) is 32.0 Å². The topological polar surface area (TPSA) is 53.1 Å². The van der Waals surface area contributed by atoms with Crippen molar-refractivity contribution in [2.24, 2.45) is 0 Å². The van der Waals surface area contributed by atoms with Gasteiger partial charge in [0.05, 0.1) is 11.9 Å². The van der Waals surface area contributed by atoms with E-state index < -0.39 is 24.4 Å². The summed E-state index contributed by atoms with van der Waals surface area (Å²) in [5, 5.41) is 5.74. The van der Waals surface area contributed by atoms with E-state index in [1.165, 1.54) is 6.20 Å². The molecule has 2 atom stereocenters. The molecule has 0 aromatic carbocycles. The van der Waals surface area contributed by atoms with Gasteiger partial charge in [-0.15, -0.1) is 0 Å². The van der Waals surface area contributed by atoms with Crippen LogP contribution in [0.5, 0.6) is 0 Å². The molecule has 2 saturated heterocycles. The van der Waals surface area contributed by atoms with E-state index in [-0.39, 0.29) is 13.0 Å². The molecule has 2 aromatic heterocycles. The molecule has 14 heteroatoms. The molecule has 0 aliphatic carbocycles. The minimum Gasteiger partial charge on any atom is -0.367 e. The molecule has 2 N–H and O–H groups in total. The van der Waals surface area contributed by atoms with Crippen LogP contribution in [0, 0.1) is 0 Å². The number of hydrogen-bond acceptors (Lipinski definition) is 5. The summed E-state index contributed by atoms with van der Waals surface area (Å²) >= 11 is 14.3. The van der Waals surface area contributed by atoms with Crippen LogP contribution in [0.2, 0.25) is 10.3 Å². The molecule has 5 nitrogen and oxygen atoms in total. The Morgan fingerprint density at radius 3 is 1.86 bits per heavy atom. The highest BCUT2D eigenvalue weighted by Crippen LogP contribution is 2.26. The monoisotopic (exact) mass is 609 g/mol. The number of rotatable bonds is 1. The zero-order valence-corrected chi connectivity index (χ0v) is 21.4. The maximum atomic E-state index is 12.6. The highest BCUT2D eigenvalue weighted by molar-refractivity contribution is 9.10. The molecule has 2 aliphatic heterocycles. The summed E-state index contributed by atoms with van der Waals surface area (Å²) in [7, 11) is 0. The quantitative estimate of drug-likeness (QED) is 0.295. The summed E-state index contributed by atoms with van der Waals surface area (Å²) in [5.41, 5.74) is 0.658. The largest absolute Gasteiger partial charge is 0.405 e. The van der Waals surface area contributed by atoms with Crippen LogP contribution in [0.25, 0.3) is 0 Å². The van der Waals surface area contributed by atoms with Crippen LogP contribution in [0.15, 0.2) is 41.1 Å². The van der Waals surface area contributed by atoms with Gasteiger partial charge < -0.3 is 15.5 Å². The molecule has 4 rings (SSSR count). The van der Waals surface area contributed by atoms with Crippen molar-refractivity contribution in [3.63, 3.8) is 0 Å². The van der Waals surface area contributed by atoms with Crippen molar-refractivity contribution in [1.29, 1.82) is 0 Å². The Balaban J connectivity index is 0.000000204.